The smallest absolute Gasteiger partial charge is 0.261 e. The summed E-state index contributed by atoms with van der Waals surface area (Å²) in [7, 11) is 0. The predicted octanol–water partition coefficient (Wildman–Crippen LogP) is 0.984. The molecule has 118 valence electrons. The second kappa shape index (κ2) is 5.40. The van der Waals surface area contributed by atoms with Crippen LogP contribution >= 0.6 is 0 Å². The lowest BCUT2D eigenvalue weighted by Crippen LogP contribution is -2.42. The number of amides is 2. The van der Waals surface area contributed by atoms with E-state index in [1.165, 1.54) is 4.90 Å². The second-order valence-electron chi connectivity index (χ2n) is 5.76. The lowest BCUT2D eigenvalue weighted by molar-refractivity contribution is 0.00550. The molecule has 22 heavy (non-hydrogen) atoms. The molecule has 0 saturated carbocycles. The first kappa shape index (κ1) is 15.1. The number of alkyl halides is 2. The van der Waals surface area contributed by atoms with Crippen LogP contribution in [0, 0.1) is 0 Å². The monoisotopic (exact) mass is 310 g/mol. The maximum absolute atomic E-state index is 13.1. The molecule has 0 radical (unpaired) electrons. The minimum atomic E-state index is -2.73. The van der Waals surface area contributed by atoms with E-state index in [1.54, 1.807) is 24.3 Å². The summed E-state index contributed by atoms with van der Waals surface area (Å²) in [6.07, 6.45) is -1.27. The molecule has 2 amide bonds. The number of aliphatic hydroxyl groups excluding tert-OH is 1. The molecule has 1 fully saturated rings. The van der Waals surface area contributed by atoms with Crippen LogP contribution in [0.2, 0.25) is 0 Å². The lowest BCUT2D eigenvalue weighted by atomic mass is 10.1. The van der Waals surface area contributed by atoms with Crippen molar-refractivity contribution in [2.24, 2.45) is 0 Å². The summed E-state index contributed by atoms with van der Waals surface area (Å²) in [5, 5.41) is 10.0. The van der Waals surface area contributed by atoms with Crippen molar-refractivity contribution in [1.29, 1.82) is 0 Å². The fraction of sp³-hybridized carbons (Fsp3) is 0.467. The van der Waals surface area contributed by atoms with E-state index in [1.807, 2.05) is 0 Å². The molecule has 0 aromatic heterocycles. The molecule has 0 aliphatic carbocycles. The molecule has 0 spiro atoms. The molecule has 2 aliphatic heterocycles. The van der Waals surface area contributed by atoms with Gasteiger partial charge in [-0.3, -0.25) is 19.4 Å². The van der Waals surface area contributed by atoms with Gasteiger partial charge in [0, 0.05) is 19.5 Å². The highest BCUT2D eigenvalue weighted by atomic mass is 19.3. The van der Waals surface area contributed by atoms with Gasteiger partial charge in [0.05, 0.1) is 30.3 Å². The number of benzene rings is 1. The molecule has 1 N–H and O–H groups in total. The molecular weight excluding hydrogens is 294 g/mol. The number of fused-ring (bicyclic) bond motifs is 1. The highest BCUT2D eigenvalue weighted by Crippen LogP contribution is 2.27. The molecular formula is C15H16F2N2O3. The third-order valence-corrected chi connectivity index (χ3v) is 3.99. The van der Waals surface area contributed by atoms with Crippen molar-refractivity contribution >= 4 is 11.8 Å². The van der Waals surface area contributed by atoms with Crippen molar-refractivity contribution in [1.82, 2.24) is 9.80 Å². The van der Waals surface area contributed by atoms with E-state index in [4.69, 9.17) is 0 Å². The predicted molar refractivity (Wildman–Crippen MR) is 73.8 cm³/mol. The van der Waals surface area contributed by atoms with Gasteiger partial charge in [0.2, 0.25) is 0 Å². The Morgan fingerprint density at radius 2 is 1.73 bits per heavy atom. The molecule has 2 heterocycles. The van der Waals surface area contributed by atoms with E-state index in [0.29, 0.717) is 11.1 Å². The first-order chi connectivity index (χ1) is 10.4. The Labute approximate surface area is 126 Å². The topological polar surface area (TPSA) is 60.9 Å². The minimum Gasteiger partial charge on any atom is -0.390 e. The zero-order valence-corrected chi connectivity index (χ0v) is 11.8. The Hall–Kier alpha value is -1.86. The van der Waals surface area contributed by atoms with Gasteiger partial charge in [0.15, 0.2) is 0 Å². The van der Waals surface area contributed by atoms with Crippen LogP contribution in [0.25, 0.3) is 0 Å². The zero-order valence-electron chi connectivity index (χ0n) is 11.8. The van der Waals surface area contributed by atoms with Crippen LogP contribution in [0.5, 0.6) is 0 Å². The van der Waals surface area contributed by atoms with Gasteiger partial charge in [-0.25, -0.2) is 8.78 Å². The molecule has 7 heteroatoms. The number of nitrogens with zero attached hydrogens (tertiary/aromatic N) is 2. The molecule has 1 aromatic carbocycles. The van der Waals surface area contributed by atoms with Crippen LogP contribution in [-0.4, -0.2) is 64.9 Å². The molecule has 2 aliphatic rings. The quantitative estimate of drug-likeness (QED) is 0.842. The standard InChI is InChI=1S/C15H16F2N2O3/c16-15(17)5-6-18(9-15)7-10(20)8-19-13(21)11-3-1-2-4-12(11)14(19)22/h1-4,10,20H,5-9H2/t10-/m1/s1. The van der Waals surface area contributed by atoms with Crippen molar-refractivity contribution in [3.63, 3.8) is 0 Å². The summed E-state index contributed by atoms with van der Waals surface area (Å²) in [6.45, 7) is -0.365. The molecule has 1 atom stereocenters. The number of β-amino-alcohol motifs (C(OH)–C–C–N with tert-alkyl or cyclic N) is 1. The fourth-order valence-corrected chi connectivity index (χ4v) is 2.93. The van der Waals surface area contributed by atoms with Gasteiger partial charge >= 0.3 is 0 Å². The highest BCUT2D eigenvalue weighted by Gasteiger charge is 2.40. The normalized spacial score (nSPS) is 22.2. The van der Waals surface area contributed by atoms with Crippen LogP contribution < -0.4 is 0 Å². The number of imide groups is 1. The van der Waals surface area contributed by atoms with Crippen molar-refractivity contribution in [3.05, 3.63) is 35.4 Å². The molecule has 1 saturated heterocycles. The summed E-state index contributed by atoms with van der Waals surface area (Å²) in [4.78, 5) is 26.7. The third-order valence-electron chi connectivity index (χ3n) is 3.99. The van der Waals surface area contributed by atoms with Gasteiger partial charge in [-0.15, -0.1) is 0 Å². The first-order valence-corrected chi connectivity index (χ1v) is 7.11. The Bertz CT molecular complexity index is 586. The van der Waals surface area contributed by atoms with Gasteiger partial charge in [0.1, 0.15) is 0 Å². The van der Waals surface area contributed by atoms with E-state index in [9.17, 15) is 23.5 Å². The Morgan fingerprint density at radius 3 is 2.23 bits per heavy atom. The van der Waals surface area contributed by atoms with E-state index >= 15 is 0 Å². The van der Waals surface area contributed by atoms with Crippen LogP contribution in [0.1, 0.15) is 27.1 Å². The van der Waals surface area contributed by atoms with Gasteiger partial charge < -0.3 is 5.11 Å². The SMILES string of the molecule is O=C1c2ccccc2C(=O)N1C[C@H](O)CN1CCC(F)(F)C1. The van der Waals surface area contributed by atoms with E-state index in [2.05, 4.69) is 0 Å². The maximum atomic E-state index is 13.1. The zero-order chi connectivity index (χ0) is 15.9. The Kier molecular flexibility index (Phi) is 3.70. The fourth-order valence-electron chi connectivity index (χ4n) is 2.93. The number of hydrogen-bond donors (Lipinski definition) is 1. The van der Waals surface area contributed by atoms with Crippen LogP contribution in [0.15, 0.2) is 24.3 Å². The number of rotatable bonds is 4. The van der Waals surface area contributed by atoms with Crippen LogP contribution in [-0.2, 0) is 0 Å². The third kappa shape index (κ3) is 2.74. The average Bonchev–Trinajstić information content (AvgIpc) is 2.92. The van der Waals surface area contributed by atoms with E-state index < -0.39 is 30.4 Å². The lowest BCUT2D eigenvalue weighted by Gasteiger charge is -2.23. The van der Waals surface area contributed by atoms with Crippen molar-refractivity contribution < 1.29 is 23.5 Å². The molecule has 1 aromatic rings. The van der Waals surface area contributed by atoms with Gasteiger partial charge in [-0.05, 0) is 12.1 Å². The number of likely N-dealkylation sites (tertiary alicyclic amines) is 1. The Balaban J connectivity index is 1.62. The number of aliphatic hydroxyl groups is 1. The van der Waals surface area contributed by atoms with Crippen molar-refractivity contribution in [2.75, 3.05) is 26.2 Å². The van der Waals surface area contributed by atoms with E-state index in [-0.39, 0.29) is 26.1 Å². The highest BCUT2D eigenvalue weighted by molar-refractivity contribution is 6.21. The van der Waals surface area contributed by atoms with Crippen LogP contribution in [0.4, 0.5) is 8.78 Å². The largest absolute Gasteiger partial charge is 0.390 e. The Morgan fingerprint density at radius 1 is 1.14 bits per heavy atom. The summed E-state index contributed by atoms with van der Waals surface area (Å²) < 4.78 is 26.2. The van der Waals surface area contributed by atoms with Crippen LogP contribution in [0.3, 0.4) is 0 Å². The number of carbonyl (C=O) groups excluding carboxylic acids is 2. The molecule has 0 bridgehead atoms. The summed E-state index contributed by atoms with van der Waals surface area (Å²) in [5.41, 5.74) is 0.625. The van der Waals surface area contributed by atoms with Gasteiger partial charge in [-0.2, -0.15) is 0 Å². The van der Waals surface area contributed by atoms with Crippen molar-refractivity contribution in [3.8, 4) is 0 Å². The van der Waals surface area contributed by atoms with E-state index in [0.717, 1.165) is 4.90 Å². The summed E-state index contributed by atoms with van der Waals surface area (Å²) in [6, 6.07) is 6.44. The number of carbonyl (C=O) groups is 2. The van der Waals surface area contributed by atoms with Gasteiger partial charge in [-0.1, -0.05) is 12.1 Å². The number of hydrogen-bond acceptors (Lipinski definition) is 4. The molecule has 5 nitrogen and oxygen atoms in total. The summed E-state index contributed by atoms with van der Waals surface area (Å²) >= 11 is 0. The molecule has 0 unspecified atom stereocenters. The number of halogens is 2. The maximum Gasteiger partial charge on any atom is 0.261 e. The summed E-state index contributed by atoms with van der Waals surface area (Å²) in [5.74, 6) is -3.63. The van der Waals surface area contributed by atoms with Gasteiger partial charge in [0.25, 0.3) is 17.7 Å². The van der Waals surface area contributed by atoms with Crippen molar-refractivity contribution in [2.45, 2.75) is 18.4 Å². The molecule has 3 rings (SSSR count). The minimum absolute atomic E-state index is 0.0169. The first-order valence-electron chi connectivity index (χ1n) is 7.11. The second-order valence-corrected chi connectivity index (χ2v) is 5.76. The average molecular weight is 310 g/mol.